The van der Waals surface area contributed by atoms with Gasteiger partial charge in [-0.25, -0.2) is 0 Å². The summed E-state index contributed by atoms with van der Waals surface area (Å²) in [5, 5.41) is 0. The molecule has 0 heterocycles. The molecule has 0 aliphatic carbocycles. The maximum Gasteiger partial charge on any atom is 0.146 e. The Kier molecular flexibility index (Phi) is 17.5. The standard InChI is InChI=1S/C20H41BrO2/c1-5-6-7-8-9-10-13-22-17-23-14-11-12-18(2)15-19(3)16-20(4)21/h18-20H,5-17H2,1-4H3. The molecular weight excluding hydrogens is 352 g/mol. The Bertz CT molecular complexity index is 234. The van der Waals surface area contributed by atoms with Crippen LogP contribution in [0.1, 0.15) is 91.9 Å². The molecule has 0 aromatic rings. The van der Waals surface area contributed by atoms with Crippen LogP contribution in [0, 0.1) is 11.8 Å². The van der Waals surface area contributed by atoms with Gasteiger partial charge in [-0.3, -0.25) is 0 Å². The van der Waals surface area contributed by atoms with Gasteiger partial charge in [-0.1, -0.05) is 75.7 Å². The van der Waals surface area contributed by atoms with Crippen molar-refractivity contribution in [1.29, 1.82) is 0 Å². The van der Waals surface area contributed by atoms with Crippen LogP contribution in [0.4, 0.5) is 0 Å². The van der Waals surface area contributed by atoms with Crippen molar-refractivity contribution in [2.24, 2.45) is 11.8 Å². The molecule has 0 aliphatic rings. The maximum absolute atomic E-state index is 5.57. The predicted molar refractivity (Wildman–Crippen MR) is 105 cm³/mol. The van der Waals surface area contributed by atoms with Crippen molar-refractivity contribution < 1.29 is 9.47 Å². The molecule has 140 valence electrons. The molecule has 0 bridgehead atoms. The van der Waals surface area contributed by atoms with Gasteiger partial charge in [0.25, 0.3) is 0 Å². The number of ether oxygens (including phenoxy) is 2. The van der Waals surface area contributed by atoms with Crippen LogP contribution in [0.15, 0.2) is 0 Å². The Morgan fingerprint density at radius 2 is 1.35 bits per heavy atom. The van der Waals surface area contributed by atoms with Gasteiger partial charge in [-0.2, -0.15) is 0 Å². The second-order valence-corrected chi connectivity index (χ2v) is 8.87. The molecule has 0 spiro atoms. The van der Waals surface area contributed by atoms with Gasteiger partial charge in [0.1, 0.15) is 6.79 Å². The zero-order valence-corrected chi connectivity index (χ0v) is 17.7. The molecule has 23 heavy (non-hydrogen) atoms. The third-order valence-electron chi connectivity index (χ3n) is 4.33. The Balaban J connectivity index is 3.23. The summed E-state index contributed by atoms with van der Waals surface area (Å²) < 4.78 is 11.1. The zero-order chi connectivity index (χ0) is 17.3. The van der Waals surface area contributed by atoms with Crippen LogP contribution in [0.2, 0.25) is 0 Å². The first-order chi connectivity index (χ1) is 11.1. The number of hydrogen-bond acceptors (Lipinski definition) is 2. The molecule has 3 atom stereocenters. The monoisotopic (exact) mass is 392 g/mol. The molecule has 0 rings (SSSR count). The smallest absolute Gasteiger partial charge is 0.146 e. The summed E-state index contributed by atoms with van der Waals surface area (Å²) in [6, 6.07) is 0. The summed E-state index contributed by atoms with van der Waals surface area (Å²) in [7, 11) is 0. The molecule has 0 aliphatic heterocycles. The SMILES string of the molecule is CCCCCCCCOCOCCCC(C)CC(C)CC(C)Br. The van der Waals surface area contributed by atoms with Gasteiger partial charge < -0.3 is 9.47 Å². The summed E-state index contributed by atoms with van der Waals surface area (Å²) in [6.07, 6.45) is 12.9. The van der Waals surface area contributed by atoms with Gasteiger partial charge >= 0.3 is 0 Å². The van der Waals surface area contributed by atoms with Gasteiger partial charge in [0.2, 0.25) is 0 Å². The van der Waals surface area contributed by atoms with Crippen molar-refractivity contribution in [3.05, 3.63) is 0 Å². The highest BCUT2D eigenvalue weighted by Crippen LogP contribution is 2.22. The number of alkyl halides is 1. The third-order valence-corrected chi connectivity index (χ3v) is 4.70. The van der Waals surface area contributed by atoms with Crippen molar-refractivity contribution in [2.45, 2.75) is 96.7 Å². The number of halogens is 1. The lowest BCUT2D eigenvalue weighted by Gasteiger charge is -2.18. The predicted octanol–water partition coefficient (Wildman–Crippen LogP) is 6.95. The van der Waals surface area contributed by atoms with E-state index in [0.717, 1.165) is 31.5 Å². The molecule has 0 aromatic heterocycles. The topological polar surface area (TPSA) is 18.5 Å². The Morgan fingerprint density at radius 3 is 2.00 bits per heavy atom. The number of hydrogen-bond donors (Lipinski definition) is 0. The fourth-order valence-corrected chi connectivity index (χ4v) is 3.79. The fourth-order valence-electron chi connectivity index (χ4n) is 3.15. The van der Waals surface area contributed by atoms with E-state index in [4.69, 9.17) is 9.47 Å². The van der Waals surface area contributed by atoms with Crippen molar-refractivity contribution in [2.75, 3.05) is 20.0 Å². The first kappa shape index (κ1) is 23.4. The van der Waals surface area contributed by atoms with Crippen molar-refractivity contribution in [3.63, 3.8) is 0 Å². The van der Waals surface area contributed by atoms with E-state index in [1.54, 1.807) is 0 Å². The first-order valence-corrected chi connectivity index (χ1v) is 10.8. The summed E-state index contributed by atoms with van der Waals surface area (Å²) in [6.45, 7) is 11.4. The van der Waals surface area contributed by atoms with E-state index in [1.165, 1.54) is 57.8 Å². The van der Waals surface area contributed by atoms with E-state index in [2.05, 4.69) is 43.6 Å². The average Bonchev–Trinajstić information content (AvgIpc) is 2.47. The Morgan fingerprint density at radius 1 is 0.739 bits per heavy atom. The largest absolute Gasteiger partial charge is 0.355 e. The van der Waals surface area contributed by atoms with E-state index in [1.807, 2.05) is 0 Å². The van der Waals surface area contributed by atoms with Crippen LogP contribution < -0.4 is 0 Å². The highest BCUT2D eigenvalue weighted by Gasteiger charge is 2.10. The summed E-state index contributed by atoms with van der Waals surface area (Å²) >= 11 is 3.65. The molecule has 0 saturated heterocycles. The lowest BCUT2D eigenvalue weighted by molar-refractivity contribution is -0.0561. The third kappa shape index (κ3) is 18.6. The molecular formula is C20H41BrO2. The summed E-state index contributed by atoms with van der Waals surface area (Å²) in [5.41, 5.74) is 0. The van der Waals surface area contributed by atoms with E-state index < -0.39 is 0 Å². The van der Waals surface area contributed by atoms with Crippen molar-refractivity contribution in [1.82, 2.24) is 0 Å². The maximum atomic E-state index is 5.57. The molecule has 2 nitrogen and oxygen atoms in total. The molecule has 0 aromatic carbocycles. The fraction of sp³-hybridized carbons (Fsp3) is 1.00. The van der Waals surface area contributed by atoms with Gasteiger partial charge in [-0.05, 0) is 43.9 Å². The normalized spacial score (nSPS) is 15.5. The lowest BCUT2D eigenvalue weighted by Crippen LogP contribution is -2.09. The van der Waals surface area contributed by atoms with E-state index in [-0.39, 0.29) is 0 Å². The van der Waals surface area contributed by atoms with Gasteiger partial charge in [0, 0.05) is 18.0 Å². The molecule has 0 radical (unpaired) electrons. The van der Waals surface area contributed by atoms with Crippen LogP contribution >= 0.6 is 15.9 Å². The zero-order valence-electron chi connectivity index (χ0n) is 16.1. The number of unbranched alkanes of at least 4 members (excludes halogenated alkanes) is 5. The van der Waals surface area contributed by atoms with Gasteiger partial charge in [-0.15, -0.1) is 0 Å². The quantitative estimate of drug-likeness (QED) is 0.151. The summed E-state index contributed by atoms with van der Waals surface area (Å²) in [5.74, 6) is 1.60. The van der Waals surface area contributed by atoms with Crippen LogP contribution in [0.5, 0.6) is 0 Å². The highest BCUT2D eigenvalue weighted by atomic mass is 79.9. The average molecular weight is 393 g/mol. The minimum absolute atomic E-state index is 0.473. The molecule has 0 saturated carbocycles. The second-order valence-electron chi connectivity index (χ2n) is 7.31. The van der Waals surface area contributed by atoms with Crippen LogP contribution in [0.3, 0.4) is 0 Å². The molecule has 0 fully saturated rings. The number of rotatable bonds is 17. The van der Waals surface area contributed by atoms with Crippen LogP contribution in [-0.2, 0) is 9.47 Å². The van der Waals surface area contributed by atoms with E-state index >= 15 is 0 Å². The van der Waals surface area contributed by atoms with Gasteiger partial charge in [0.15, 0.2) is 0 Å². The highest BCUT2D eigenvalue weighted by molar-refractivity contribution is 9.09. The molecule has 0 amide bonds. The molecule has 3 unspecified atom stereocenters. The Labute approximate surface area is 154 Å². The van der Waals surface area contributed by atoms with E-state index in [9.17, 15) is 0 Å². The van der Waals surface area contributed by atoms with E-state index in [0.29, 0.717) is 11.6 Å². The minimum Gasteiger partial charge on any atom is -0.355 e. The van der Waals surface area contributed by atoms with Crippen molar-refractivity contribution >= 4 is 15.9 Å². The van der Waals surface area contributed by atoms with Crippen LogP contribution in [0.25, 0.3) is 0 Å². The van der Waals surface area contributed by atoms with Crippen LogP contribution in [-0.4, -0.2) is 24.8 Å². The van der Waals surface area contributed by atoms with Crippen molar-refractivity contribution in [3.8, 4) is 0 Å². The Hall–Kier alpha value is 0.400. The second kappa shape index (κ2) is 17.2. The lowest BCUT2D eigenvalue weighted by atomic mass is 9.91. The summed E-state index contributed by atoms with van der Waals surface area (Å²) in [4.78, 5) is 0.636. The molecule has 3 heteroatoms. The minimum atomic E-state index is 0.473. The molecule has 0 N–H and O–H groups in total. The van der Waals surface area contributed by atoms with Gasteiger partial charge in [0.05, 0.1) is 0 Å². The first-order valence-electron chi connectivity index (χ1n) is 9.85.